The molecule has 0 radical (unpaired) electrons. The highest BCUT2D eigenvalue weighted by Crippen LogP contribution is 2.03. The van der Waals surface area contributed by atoms with Gasteiger partial charge in [0.1, 0.15) is 0 Å². The smallest absolute Gasteiger partial charge is 0.152 e. The van der Waals surface area contributed by atoms with Crippen LogP contribution in [0.3, 0.4) is 0 Å². The van der Waals surface area contributed by atoms with E-state index in [0.717, 1.165) is 0 Å². The molecule has 1 fully saturated rings. The first-order valence-corrected chi connectivity index (χ1v) is 5.76. The Balaban J connectivity index is 2.32. The summed E-state index contributed by atoms with van der Waals surface area (Å²) in [4.78, 5) is 2.02. The Bertz CT molecular complexity index is 264. The first-order chi connectivity index (χ1) is 5.64. The summed E-state index contributed by atoms with van der Waals surface area (Å²) in [5.74, 6) is 0.497. The molecule has 0 aliphatic carbocycles. The Morgan fingerprint density at radius 2 is 1.92 bits per heavy atom. The van der Waals surface area contributed by atoms with E-state index < -0.39 is 9.84 Å². The van der Waals surface area contributed by atoms with Gasteiger partial charge in [-0.05, 0) is 0 Å². The second-order valence-corrected chi connectivity index (χ2v) is 5.21. The first kappa shape index (κ1) is 9.49. The second kappa shape index (κ2) is 3.87. The number of sulfone groups is 1. The van der Waals surface area contributed by atoms with Crippen molar-refractivity contribution in [3.63, 3.8) is 0 Å². The zero-order valence-electron chi connectivity index (χ0n) is 6.86. The minimum absolute atomic E-state index is 0.248. The fraction of sp³-hybridized carbons (Fsp3) is 0.857. The molecule has 0 saturated carbocycles. The van der Waals surface area contributed by atoms with Gasteiger partial charge in [-0.3, -0.25) is 0 Å². The van der Waals surface area contributed by atoms with Crippen molar-refractivity contribution in [2.75, 3.05) is 31.1 Å². The lowest BCUT2D eigenvalue weighted by molar-refractivity contribution is 0.302. The normalized spacial score (nSPS) is 23.2. The minimum Gasteiger partial charge on any atom is -0.300 e. The molecule has 0 spiro atoms. The molecule has 0 bridgehead atoms. The number of nitrogens with zero attached hydrogens (tertiary/aromatic N) is 2. The maximum Gasteiger partial charge on any atom is 0.152 e. The van der Waals surface area contributed by atoms with Crippen molar-refractivity contribution in [1.82, 2.24) is 4.90 Å². The maximum absolute atomic E-state index is 11.0. The molecule has 0 aromatic rings. The monoisotopic (exact) mass is 188 g/mol. The average Bonchev–Trinajstić information content (AvgIpc) is 2.03. The number of hydrogen-bond donors (Lipinski definition) is 0. The van der Waals surface area contributed by atoms with Crippen LogP contribution in [0.2, 0.25) is 0 Å². The van der Waals surface area contributed by atoms with Crippen molar-refractivity contribution in [3.8, 4) is 6.07 Å². The molecule has 1 aliphatic heterocycles. The maximum atomic E-state index is 11.0. The molecule has 12 heavy (non-hydrogen) atoms. The fourth-order valence-corrected chi connectivity index (χ4v) is 2.46. The van der Waals surface area contributed by atoms with Crippen LogP contribution in [0.15, 0.2) is 0 Å². The van der Waals surface area contributed by atoms with Crippen molar-refractivity contribution < 1.29 is 8.42 Å². The Hall–Kier alpha value is -0.600. The third-order valence-corrected chi connectivity index (χ3v) is 3.59. The molecule has 4 nitrogen and oxygen atoms in total. The molecule has 0 aromatic heterocycles. The van der Waals surface area contributed by atoms with Crippen LogP contribution >= 0.6 is 0 Å². The predicted molar refractivity (Wildman–Crippen MR) is 45.3 cm³/mol. The minimum atomic E-state index is -2.77. The third-order valence-electron chi connectivity index (χ3n) is 1.98. The summed E-state index contributed by atoms with van der Waals surface area (Å²) in [6, 6.07) is 2.04. The van der Waals surface area contributed by atoms with E-state index in [4.69, 9.17) is 5.26 Å². The van der Waals surface area contributed by atoms with E-state index >= 15 is 0 Å². The van der Waals surface area contributed by atoms with Crippen LogP contribution in [0.5, 0.6) is 0 Å². The van der Waals surface area contributed by atoms with Crippen LogP contribution in [0.1, 0.15) is 6.42 Å². The number of nitriles is 1. The summed E-state index contributed by atoms with van der Waals surface area (Å²) in [5, 5.41) is 8.30. The number of hydrogen-bond acceptors (Lipinski definition) is 4. The lowest BCUT2D eigenvalue weighted by atomic mass is 10.4. The van der Waals surface area contributed by atoms with E-state index in [0.29, 0.717) is 26.1 Å². The average molecular weight is 188 g/mol. The van der Waals surface area contributed by atoms with Gasteiger partial charge in [-0.25, -0.2) is 8.42 Å². The molecule has 0 aromatic carbocycles. The Kier molecular flexibility index (Phi) is 3.06. The quantitative estimate of drug-likeness (QED) is 0.593. The molecule has 5 heteroatoms. The van der Waals surface area contributed by atoms with Crippen molar-refractivity contribution in [3.05, 3.63) is 0 Å². The van der Waals surface area contributed by atoms with Gasteiger partial charge < -0.3 is 4.90 Å². The highest BCUT2D eigenvalue weighted by Gasteiger charge is 2.20. The van der Waals surface area contributed by atoms with Crippen LogP contribution in [0, 0.1) is 11.3 Å². The van der Waals surface area contributed by atoms with E-state index in [-0.39, 0.29) is 11.5 Å². The van der Waals surface area contributed by atoms with Crippen molar-refractivity contribution in [2.24, 2.45) is 0 Å². The summed E-state index contributed by atoms with van der Waals surface area (Å²) < 4.78 is 22.0. The van der Waals surface area contributed by atoms with E-state index in [1.807, 2.05) is 11.0 Å². The first-order valence-electron chi connectivity index (χ1n) is 3.94. The summed E-state index contributed by atoms with van der Waals surface area (Å²) in [7, 11) is -2.77. The van der Waals surface area contributed by atoms with Gasteiger partial charge in [-0.2, -0.15) is 5.26 Å². The van der Waals surface area contributed by atoms with Crippen molar-refractivity contribution >= 4 is 9.84 Å². The summed E-state index contributed by atoms with van der Waals surface area (Å²) in [6.07, 6.45) is 0.486. The Labute approximate surface area is 72.7 Å². The van der Waals surface area contributed by atoms with Crippen LogP contribution < -0.4 is 0 Å². The summed E-state index contributed by atoms with van der Waals surface area (Å²) >= 11 is 0. The molecule has 1 saturated heterocycles. The predicted octanol–water partition coefficient (Wildman–Crippen LogP) is -0.370. The molecule has 68 valence electrons. The Morgan fingerprint density at radius 3 is 2.42 bits per heavy atom. The van der Waals surface area contributed by atoms with E-state index in [9.17, 15) is 8.42 Å². The van der Waals surface area contributed by atoms with Crippen LogP contribution in [0.25, 0.3) is 0 Å². The van der Waals surface area contributed by atoms with Gasteiger partial charge in [-0.15, -0.1) is 0 Å². The molecular formula is C7H12N2O2S. The zero-order chi connectivity index (χ0) is 9.03. The van der Waals surface area contributed by atoms with Gasteiger partial charge in [0.05, 0.1) is 17.6 Å². The molecule has 0 atom stereocenters. The molecule has 0 N–H and O–H groups in total. The highest BCUT2D eigenvalue weighted by atomic mass is 32.2. The van der Waals surface area contributed by atoms with Gasteiger partial charge in [-0.1, -0.05) is 0 Å². The lowest BCUT2D eigenvalue weighted by Crippen LogP contribution is -2.40. The molecule has 0 unspecified atom stereocenters. The summed E-state index contributed by atoms with van der Waals surface area (Å²) in [5.41, 5.74) is 0. The van der Waals surface area contributed by atoms with Gasteiger partial charge in [0.15, 0.2) is 9.84 Å². The Morgan fingerprint density at radius 1 is 1.33 bits per heavy atom. The van der Waals surface area contributed by atoms with Gasteiger partial charge in [0.2, 0.25) is 0 Å². The van der Waals surface area contributed by atoms with Crippen molar-refractivity contribution in [1.29, 1.82) is 5.26 Å². The van der Waals surface area contributed by atoms with Gasteiger partial charge in [0, 0.05) is 26.1 Å². The topological polar surface area (TPSA) is 61.2 Å². The fourth-order valence-electron chi connectivity index (χ4n) is 1.18. The lowest BCUT2D eigenvalue weighted by Gasteiger charge is -2.25. The van der Waals surface area contributed by atoms with Crippen LogP contribution in [-0.4, -0.2) is 44.5 Å². The summed E-state index contributed by atoms with van der Waals surface area (Å²) in [6.45, 7) is 1.88. The molecule has 0 amide bonds. The SMILES string of the molecule is N#CCCN1CCS(=O)(=O)CC1. The molecule has 1 heterocycles. The van der Waals surface area contributed by atoms with E-state index in [2.05, 4.69) is 0 Å². The van der Waals surface area contributed by atoms with Gasteiger partial charge >= 0.3 is 0 Å². The standard InChI is InChI=1S/C7H12N2O2S/c8-2-1-3-9-4-6-12(10,11)7-5-9/h1,3-7H2. The molecule has 1 rings (SSSR count). The van der Waals surface area contributed by atoms with Crippen molar-refractivity contribution in [2.45, 2.75) is 6.42 Å². The second-order valence-electron chi connectivity index (χ2n) is 2.90. The van der Waals surface area contributed by atoms with E-state index in [1.54, 1.807) is 0 Å². The molecular weight excluding hydrogens is 176 g/mol. The third kappa shape index (κ3) is 2.80. The molecule has 1 aliphatic rings. The largest absolute Gasteiger partial charge is 0.300 e. The highest BCUT2D eigenvalue weighted by molar-refractivity contribution is 7.91. The number of rotatable bonds is 2. The zero-order valence-corrected chi connectivity index (χ0v) is 7.68. The van der Waals surface area contributed by atoms with Gasteiger partial charge in [0.25, 0.3) is 0 Å². The van der Waals surface area contributed by atoms with Crippen LogP contribution in [0.4, 0.5) is 0 Å². The van der Waals surface area contributed by atoms with Crippen LogP contribution in [-0.2, 0) is 9.84 Å². The van der Waals surface area contributed by atoms with E-state index in [1.165, 1.54) is 0 Å².